The average Bonchev–Trinajstić information content (AvgIpc) is 3.37. The summed E-state index contributed by atoms with van der Waals surface area (Å²) in [5.74, 6) is 0.216. The van der Waals surface area contributed by atoms with Crippen LogP contribution in [0.5, 0.6) is 0 Å². The van der Waals surface area contributed by atoms with Gasteiger partial charge in [0.25, 0.3) is 0 Å². The Morgan fingerprint density at radius 2 is 2.04 bits per heavy atom. The molecule has 2 aliphatic rings. The van der Waals surface area contributed by atoms with Crippen molar-refractivity contribution < 1.29 is 14.4 Å². The zero-order chi connectivity index (χ0) is 19.6. The zero-order valence-corrected chi connectivity index (χ0v) is 16.7. The molecule has 1 aliphatic heterocycles. The Labute approximate surface area is 165 Å². The first-order valence-electron chi connectivity index (χ1n) is 9.51. The molecule has 0 atom stereocenters. The maximum atomic E-state index is 12.8. The summed E-state index contributed by atoms with van der Waals surface area (Å²) in [4.78, 5) is 42.4. The molecule has 3 amide bonds. The molecule has 1 saturated carbocycles. The summed E-state index contributed by atoms with van der Waals surface area (Å²) >= 11 is 6.16. The predicted octanol–water partition coefficient (Wildman–Crippen LogP) is 2.82. The number of anilines is 1. The summed E-state index contributed by atoms with van der Waals surface area (Å²) in [5, 5.41) is 0.589. The molecule has 1 heterocycles. The monoisotopic (exact) mass is 391 g/mol. The van der Waals surface area contributed by atoms with E-state index in [1.54, 1.807) is 21.9 Å². The number of carbonyl (C=O) groups excluding carboxylic acids is 3. The number of hydrogen-bond donors (Lipinski definition) is 0. The summed E-state index contributed by atoms with van der Waals surface area (Å²) in [7, 11) is 0. The minimum Gasteiger partial charge on any atom is -0.333 e. The molecule has 27 heavy (non-hydrogen) atoms. The number of carbonyl (C=O) groups is 3. The zero-order valence-electron chi connectivity index (χ0n) is 15.9. The summed E-state index contributed by atoms with van der Waals surface area (Å²) in [5.41, 5.74) is 1.54. The van der Waals surface area contributed by atoms with E-state index < -0.39 is 0 Å². The molecule has 1 aromatic carbocycles. The molecule has 7 heteroatoms. The van der Waals surface area contributed by atoms with E-state index in [-0.39, 0.29) is 37.5 Å². The Morgan fingerprint density at radius 3 is 2.70 bits per heavy atom. The molecule has 3 rings (SSSR count). The van der Waals surface area contributed by atoms with Crippen molar-refractivity contribution >= 4 is 35.0 Å². The first-order chi connectivity index (χ1) is 12.9. The molecular weight excluding hydrogens is 366 g/mol. The van der Waals surface area contributed by atoms with Gasteiger partial charge < -0.3 is 9.80 Å². The van der Waals surface area contributed by atoms with E-state index in [9.17, 15) is 14.4 Å². The minimum atomic E-state index is -0.185. The summed E-state index contributed by atoms with van der Waals surface area (Å²) in [6.45, 7) is 4.73. The van der Waals surface area contributed by atoms with Crippen molar-refractivity contribution in [2.45, 2.75) is 39.5 Å². The van der Waals surface area contributed by atoms with Crippen LogP contribution in [0.25, 0.3) is 0 Å². The lowest BCUT2D eigenvalue weighted by atomic mass is 10.2. The highest BCUT2D eigenvalue weighted by Crippen LogP contribution is 2.31. The smallest absolute Gasteiger partial charge is 0.248 e. The molecule has 0 bridgehead atoms. The fraction of sp³-hybridized carbons (Fsp3) is 0.550. The average molecular weight is 392 g/mol. The molecule has 0 spiro atoms. The molecule has 146 valence electrons. The highest BCUT2D eigenvalue weighted by atomic mass is 35.5. The molecule has 0 N–H and O–H groups in total. The third-order valence-corrected chi connectivity index (χ3v) is 5.55. The van der Waals surface area contributed by atoms with Crippen molar-refractivity contribution in [2.75, 3.05) is 31.2 Å². The molecule has 0 unspecified atom stereocenters. The maximum Gasteiger partial charge on any atom is 0.248 e. The lowest BCUT2D eigenvalue weighted by molar-refractivity contribution is -0.140. The quantitative estimate of drug-likeness (QED) is 0.718. The molecule has 0 aromatic heterocycles. The van der Waals surface area contributed by atoms with E-state index in [2.05, 4.69) is 0 Å². The summed E-state index contributed by atoms with van der Waals surface area (Å²) in [6, 6.07) is 5.40. The van der Waals surface area contributed by atoms with Crippen molar-refractivity contribution in [2.24, 2.45) is 5.92 Å². The van der Waals surface area contributed by atoms with Crippen LogP contribution in [0.4, 0.5) is 5.69 Å². The first-order valence-corrected chi connectivity index (χ1v) is 9.89. The third-order valence-electron chi connectivity index (χ3n) is 5.14. The van der Waals surface area contributed by atoms with Gasteiger partial charge in [-0.3, -0.25) is 19.3 Å². The van der Waals surface area contributed by atoms with E-state index in [0.717, 1.165) is 30.5 Å². The Bertz CT molecular complexity index is 748. The van der Waals surface area contributed by atoms with Crippen molar-refractivity contribution in [3.8, 4) is 0 Å². The Hall–Kier alpha value is -2.08. The van der Waals surface area contributed by atoms with Crippen molar-refractivity contribution in [1.29, 1.82) is 0 Å². The van der Waals surface area contributed by atoms with Crippen molar-refractivity contribution in [1.82, 2.24) is 9.80 Å². The van der Waals surface area contributed by atoms with Gasteiger partial charge in [0.05, 0.1) is 6.54 Å². The molecular formula is C20H26ClN3O3. The van der Waals surface area contributed by atoms with Crippen LogP contribution in [0.15, 0.2) is 18.2 Å². The van der Waals surface area contributed by atoms with Gasteiger partial charge in [0.1, 0.15) is 13.2 Å². The third kappa shape index (κ3) is 4.61. The van der Waals surface area contributed by atoms with Gasteiger partial charge in [-0.25, -0.2) is 0 Å². The summed E-state index contributed by atoms with van der Waals surface area (Å²) < 4.78 is 0. The molecule has 1 saturated heterocycles. The Morgan fingerprint density at radius 1 is 1.30 bits per heavy atom. The topological polar surface area (TPSA) is 60.9 Å². The van der Waals surface area contributed by atoms with Crippen LogP contribution in [0.3, 0.4) is 0 Å². The fourth-order valence-corrected chi connectivity index (χ4v) is 3.49. The van der Waals surface area contributed by atoms with E-state index in [4.69, 9.17) is 11.6 Å². The van der Waals surface area contributed by atoms with E-state index >= 15 is 0 Å². The number of benzene rings is 1. The van der Waals surface area contributed by atoms with Crippen LogP contribution in [-0.2, 0) is 14.4 Å². The molecule has 1 aromatic rings. The van der Waals surface area contributed by atoms with Crippen LogP contribution in [0.1, 0.15) is 38.2 Å². The second-order valence-corrected chi connectivity index (χ2v) is 7.81. The van der Waals surface area contributed by atoms with E-state index in [1.165, 1.54) is 4.90 Å². The normalized spacial score (nSPS) is 16.8. The number of halogens is 1. The Balaban J connectivity index is 1.67. The van der Waals surface area contributed by atoms with Gasteiger partial charge in [-0.15, -0.1) is 0 Å². The van der Waals surface area contributed by atoms with Gasteiger partial charge in [-0.1, -0.05) is 24.6 Å². The fourth-order valence-electron chi connectivity index (χ4n) is 3.32. The van der Waals surface area contributed by atoms with Gasteiger partial charge in [0.2, 0.25) is 17.7 Å². The summed E-state index contributed by atoms with van der Waals surface area (Å²) in [6.07, 6.45) is 3.45. The predicted molar refractivity (Wildman–Crippen MR) is 104 cm³/mol. The molecule has 0 radical (unpaired) electrons. The number of amides is 3. The molecule has 6 nitrogen and oxygen atoms in total. The van der Waals surface area contributed by atoms with E-state index in [0.29, 0.717) is 23.9 Å². The highest BCUT2D eigenvalue weighted by Gasteiger charge is 2.34. The van der Waals surface area contributed by atoms with Gasteiger partial charge >= 0.3 is 0 Å². The van der Waals surface area contributed by atoms with Crippen LogP contribution in [-0.4, -0.2) is 53.8 Å². The first kappa shape index (κ1) is 19.7. The number of nitrogens with zero attached hydrogens (tertiary/aromatic N) is 3. The Kier molecular flexibility index (Phi) is 6.05. The number of hydrogen-bond acceptors (Lipinski definition) is 3. The largest absolute Gasteiger partial charge is 0.333 e. The van der Waals surface area contributed by atoms with Crippen LogP contribution in [0.2, 0.25) is 5.02 Å². The highest BCUT2D eigenvalue weighted by molar-refractivity contribution is 6.31. The van der Waals surface area contributed by atoms with Gasteiger partial charge in [0.15, 0.2) is 0 Å². The molecule has 1 aliphatic carbocycles. The van der Waals surface area contributed by atoms with E-state index in [1.807, 2.05) is 19.9 Å². The van der Waals surface area contributed by atoms with Crippen LogP contribution >= 0.6 is 11.6 Å². The lowest BCUT2D eigenvalue weighted by Crippen LogP contribution is -2.43. The maximum absolute atomic E-state index is 12.8. The van der Waals surface area contributed by atoms with Gasteiger partial charge in [-0.05, 0) is 49.8 Å². The van der Waals surface area contributed by atoms with Crippen molar-refractivity contribution in [3.05, 3.63) is 28.8 Å². The number of rotatable bonds is 7. The molecule has 2 fully saturated rings. The second kappa shape index (κ2) is 8.30. The van der Waals surface area contributed by atoms with Crippen LogP contribution < -0.4 is 4.90 Å². The van der Waals surface area contributed by atoms with Gasteiger partial charge in [0, 0.05) is 23.7 Å². The minimum absolute atomic E-state index is 0.0193. The SMILES string of the molecule is CCCC(=O)N(CC(=O)N1CC(=O)N(c2cccc(Cl)c2C)C1)CC1CC1. The van der Waals surface area contributed by atoms with Crippen LogP contribution in [0, 0.1) is 12.8 Å². The lowest BCUT2D eigenvalue weighted by Gasteiger charge is -2.25. The second-order valence-electron chi connectivity index (χ2n) is 7.41. The standard InChI is InChI=1S/C20H26ClN3O3/c1-3-5-18(25)22(10-15-8-9-15)11-19(26)23-12-20(27)24(13-23)17-7-4-6-16(21)14(17)2/h4,6-7,15H,3,5,8-13H2,1-2H3. The van der Waals surface area contributed by atoms with Crippen molar-refractivity contribution in [3.63, 3.8) is 0 Å². The van der Waals surface area contributed by atoms with Gasteiger partial charge in [-0.2, -0.15) is 0 Å².